The van der Waals surface area contributed by atoms with Crippen LogP contribution < -0.4 is 5.32 Å². The lowest BCUT2D eigenvalue weighted by Crippen LogP contribution is -2.61. The lowest BCUT2D eigenvalue weighted by Gasteiger charge is -2.40. The van der Waals surface area contributed by atoms with E-state index in [0.29, 0.717) is 0 Å². The molecule has 1 aromatic heterocycles. The first-order valence-corrected chi connectivity index (χ1v) is 10.1. The quantitative estimate of drug-likeness (QED) is 0.449. The molecule has 1 aromatic carbocycles. The molecule has 176 valence electrons. The number of aliphatic hydroxyl groups excluding tert-OH is 4. The van der Waals surface area contributed by atoms with E-state index in [1.807, 2.05) is 0 Å². The number of carbonyl (C=O) groups excluding carboxylic acids is 1. The molecule has 0 saturated carbocycles. The summed E-state index contributed by atoms with van der Waals surface area (Å²) in [6.07, 6.45) is -8.31. The fraction of sp³-hybridized carbons (Fsp3) is 0.364. The van der Waals surface area contributed by atoms with Gasteiger partial charge in [0.1, 0.15) is 24.4 Å². The Kier molecular flexibility index (Phi) is 6.25. The van der Waals surface area contributed by atoms with E-state index >= 15 is 0 Å². The third-order valence-corrected chi connectivity index (χ3v) is 5.74. The van der Waals surface area contributed by atoms with Crippen LogP contribution in [0.2, 0.25) is 0 Å². The molecule has 2 aromatic rings. The maximum Gasteiger partial charge on any atom is 0.417 e. The number of pyridine rings is 1. The topological polar surface area (TPSA) is 132 Å². The number of allylic oxidation sites excluding steroid dienone is 2. The second-order valence-corrected chi connectivity index (χ2v) is 7.85. The van der Waals surface area contributed by atoms with Crippen LogP contribution >= 0.6 is 0 Å². The van der Waals surface area contributed by atoms with Gasteiger partial charge in [-0.1, -0.05) is 6.07 Å². The maximum absolute atomic E-state index is 14.0. The van der Waals surface area contributed by atoms with Gasteiger partial charge in [-0.05, 0) is 41.0 Å². The van der Waals surface area contributed by atoms with E-state index in [1.54, 1.807) is 0 Å². The predicted octanol–water partition coefficient (Wildman–Crippen LogP) is 0.892. The summed E-state index contributed by atoms with van der Waals surface area (Å²) in [4.78, 5) is 16.6. The Balaban J connectivity index is 1.71. The first-order valence-electron chi connectivity index (χ1n) is 10.1. The van der Waals surface area contributed by atoms with E-state index < -0.39 is 60.4 Å². The van der Waals surface area contributed by atoms with Gasteiger partial charge in [-0.15, -0.1) is 0 Å². The normalized spacial score (nSPS) is 28.0. The number of ether oxygens (including phenoxy) is 1. The number of fused-ring (bicyclic) bond motifs is 1. The minimum absolute atomic E-state index is 0.115. The molecule has 0 amide bonds. The van der Waals surface area contributed by atoms with Gasteiger partial charge in [-0.3, -0.25) is 9.78 Å². The van der Waals surface area contributed by atoms with Gasteiger partial charge in [0.05, 0.1) is 12.2 Å². The number of carbonyl (C=O) groups is 1. The van der Waals surface area contributed by atoms with E-state index in [1.165, 1.54) is 42.7 Å². The number of benzene rings is 1. The van der Waals surface area contributed by atoms with Crippen molar-refractivity contribution in [2.45, 2.75) is 43.2 Å². The fourth-order valence-corrected chi connectivity index (χ4v) is 4.17. The van der Waals surface area contributed by atoms with Gasteiger partial charge in [0.25, 0.3) is 0 Å². The molecule has 0 spiro atoms. The molecule has 1 aliphatic heterocycles. The van der Waals surface area contributed by atoms with Crippen LogP contribution in [0.5, 0.6) is 0 Å². The molecule has 8 nitrogen and oxygen atoms in total. The lowest BCUT2D eigenvalue weighted by molar-refractivity contribution is -0.245. The molecule has 3 unspecified atom stereocenters. The highest BCUT2D eigenvalue weighted by Gasteiger charge is 2.45. The zero-order chi connectivity index (χ0) is 23.9. The number of hydrogen-bond donors (Lipinski definition) is 5. The Labute approximate surface area is 186 Å². The molecule has 0 radical (unpaired) electrons. The number of halogens is 3. The molecule has 2 aliphatic rings. The average Bonchev–Trinajstić information content (AvgIpc) is 2.78. The average molecular weight is 466 g/mol. The third kappa shape index (κ3) is 4.37. The van der Waals surface area contributed by atoms with Crippen LogP contribution in [-0.4, -0.2) is 74.6 Å². The molecule has 33 heavy (non-hydrogen) atoms. The fourth-order valence-electron chi connectivity index (χ4n) is 4.17. The monoisotopic (exact) mass is 466 g/mol. The highest BCUT2D eigenvalue weighted by molar-refractivity contribution is 6.31. The molecule has 1 fully saturated rings. The molecule has 1 saturated heterocycles. The Bertz CT molecular complexity index is 1080. The Morgan fingerprint density at radius 2 is 1.79 bits per heavy atom. The minimum atomic E-state index is -4.80. The van der Waals surface area contributed by atoms with Crippen molar-refractivity contribution in [3.8, 4) is 0 Å². The molecule has 11 heteroatoms. The predicted molar refractivity (Wildman–Crippen MR) is 110 cm³/mol. The zero-order valence-electron chi connectivity index (χ0n) is 17.0. The SMILES string of the molecule is O=C1Cc2cc(NC3C(O)OC(CO)[C@@H](O)[C@@H]3O)ccc2C(C(F)(F)F)=C1c1ccncc1. The van der Waals surface area contributed by atoms with Gasteiger partial charge in [0.15, 0.2) is 12.1 Å². The number of nitrogens with zero attached hydrogens (tertiary/aromatic N) is 1. The van der Waals surface area contributed by atoms with Crippen molar-refractivity contribution in [3.05, 3.63) is 59.4 Å². The van der Waals surface area contributed by atoms with Crippen molar-refractivity contribution in [2.75, 3.05) is 11.9 Å². The van der Waals surface area contributed by atoms with E-state index in [9.17, 15) is 33.3 Å². The van der Waals surface area contributed by atoms with Gasteiger partial charge in [-0.2, -0.15) is 13.2 Å². The standard InChI is InChI=1S/C22H21F3N2O6/c23-22(24,25)17-13-2-1-12(27-18-20(31)19(30)15(9-28)33-21(18)32)7-11(13)8-14(29)16(17)10-3-5-26-6-4-10/h1-7,15,18-21,27-28,30-32H,8-9H2/t15?,18?,19-,20-,21?/m1/s1. The number of hydrogen-bond acceptors (Lipinski definition) is 8. The van der Waals surface area contributed by atoms with Gasteiger partial charge in [0.2, 0.25) is 0 Å². The minimum Gasteiger partial charge on any atom is -0.394 e. The first kappa shape index (κ1) is 23.3. The summed E-state index contributed by atoms with van der Waals surface area (Å²) in [6, 6.07) is 5.31. The lowest BCUT2D eigenvalue weighted by atomic mass is 9.81. The second kappa shape index (κ2) is 8.84. The number of anilines is 1. The number of alkyl halides is 3. The van der Waals surface area contributed by atoms with Crippen molar-refractivity contribution < 1.29 is 43.1 Å². The van der Waals surface area contributed by atoms with Crippen molar-refractivity contribution >= 4 is 22.6 Å². The van der Waals surface area contributed by atoms with Crippen molar-refractivity contribution in [2.24, 2.45) is 0 Å². The van der Waals surface area contributed by atoms with Crippen molar-refractivity contribution in [1.29, 1.82) is 0 Å². The van der Waals surface area contributed by atoms with Gasteiger partial charge >= 0.3 is 6.18 Å². The second-order valence-electron chi connectivity index (χ2n) is 7.85. The van der Waals surface area contributed by atoms with Gasteiger partial charge in [-0.25, -0.2) is 0 Å². The molecular weight excluding hydrogens is 445 g/mol. The first-order chi connectivity index (χ1) is 15.6. The number of aliphatic hydroxyl groups is 4. The van der Waals surface area contributed by atoms with Crippen LogP contribution in [-0.2, 0) is 16.0 Å². The molecule has 4 rings (SSSR count). The van der Waals surface area contributed by atoms with E-state index in [4.69, 9.17) is 9.84 Å². The maximum atomic E-state index is 14.0. The van der Waals surface area contributed by atoms with Crippen LogP contribution in [0.3, 0.4) is 0 Å². The summed E-state index contributed by atoms with van der Waals surface area (Å²) in [5.74, 6) is -0.708. The smallest absolute Gasteiger partial charge is 0.394 e. The highest BCUT2D eigenvalue weighted by atomic mass is 19.4. The van der Waals surface area contributed by atoms with Crippen LogP contribution in [0.1, 0.15) is 16.7 Å². The molecule has 5 N–H and O–H groups in total. The number of Topliss-reactive ketones (excluding diaryl/α,β-unsaturated/α-hetero) is 1. The molecule has 0 bridgehead atoms. The third-order valence-electron chi connectivity index (χ3n) is 5.74. The van der Waals surface area contributed by atoms with Crippen LogP contribution in [0.25, 0.3) is 11.1 Å². The zero-order valence-corrected chi connectivity index (χ0v) is 17.0. The van der Waals surface area contributed by atoms with E-state index in [-0.39, 0.29) is 28.8 Å². The Morgan fingerprint density at radius 1 is 1.09 bits per heavy atom. The summed E-state index contributed by atoms with van der Waals surface area (Å²) in [7, 11) is 0. The van der Waals surface area contributed by atoms with Crippen molar-refractivity contribution in [3.63, 3.8) is 0 Å². The number of nitrogens with one attached hydrogen (secondary N) is 1. The van der Waals surface area contributed by atoms with Crippen LogP contribution in [0, 0.1) is 0 Å². The molecule has 2 heterocycles. The summed E-state index contributed by atoms with van der Waals surface area (Å²) in [5.41, 5.74) is -1.19. The number of aromatic nitrogens is 1. The molecule has 1 aliphatic carbocycles. The summed E-state index contributed by atoms with van der Waals surface area (Å²) in [6.45, 7) is -0.630. The largest absolute Gasteiger partial charge is 0.417 e. The summed E-state index contributed by atoms with van der Waals surface area (Å²) in [5, 5.41) is 42.3. The Morgan fingerprint density at radius 3 is 2.42 bits per heavy atom. The van der Waals surface area contributed by atoms with E-state index in [0.717, 1.165) is 0 Å². The molecule has 5 atom stereocenters. The Hall–Kier alpha value is -2.83. The van der Waals surface area contributed by atoms with Crippen molar-refractivity contribution in [1.82, 2.24) is 4.98 Å². The van der Waals surface area contributed by atoms with Crippen LogP contribution in [0.15, 0.2) is 42.7 Å². The molecular formula is C22H21F3N2O6. The van der Waals surface area contributed by atoms with Gasteiger partial charge < -0.3 is 30.5 Å². The van der Waals surface area contributed by atoms with Crippen LogP contribution in [0.4, 0.5) is 18.9 Å². The number of ketones is 1. The summed E-state index contributed by atoms with van der Waals surface area (Å²) >= 11 is 0. The number of rotatable bonds is 4. The summed E-state index contributed by atoms with van der Waals surface area (Å²) < 4.78 is 47.2. The highest BCUT2D eigenvalue weighted by Crippen LogP contribution is 2.45. The van der Waals surface area contributed by atoms with E-state index in [2.05, 4.69) is 10.3 Å². The van der Waals surface area contributed by atoms with Gasteiger partial charge in [0, 0.05) is 30.1 Å².